The average Bonchev–Trinajstić information content (AvgIpc) is 3.17. The minimum absolute atomic E-state index is 0.171. The minimum Gasteiger partial charge on any atom is -0.311 e. The molecule has 0 fully saturated rings. The van der Waals surface area contributed by atoms with Crippen molar-refractivity contribution in [2.24, 2.45) is 0 Å². The predicted molar refractivity (Wildman–Crippen MR) is 126 cm³/mol. The van der Waals surface area contributed by atoms with Gasteiger partial charge in [-0.05, 0) is 58.7 Å². The molecule has 0 N–H and O–H groups in total. The maximum absolute atomic E-state index is 2.35. The summed E-state index contributed by atoms with van der Waals surface area (Å²) in [6.45, 7) is 17.5. The zero-order valence-electron chi connectivity index (χ0n) is 19.0. The fourth-order valence-electron chi connectivity index (χ4n) is 3.28. The zero-order chi connectivity index (χ0) is 20.9. The summed E-state index contributed by atoms with van der Waals surface area (Å²) in [5, 5.41) is 0. The van der Waals surface area contributed by atoms with Crippen LogP contribution in [0.1, 0.15) is 72.9 Å². The zero-order valence-corrected chi connectivity index (χ0v) is 19.0. The summed E-state index contributed by atoms with van der Waals surface area (Å²) >= 11 is 0. The van der Waals surface area contributed by atoms with Crippen molar-refractivity contribution in [1.82, 2.24) is 0 Å². The first kappa shape index (κ1) is 22.0. The maximum atomic E-state index is 2.35. The van der Waals surface area contributed by atoms with E-state index in [0.29, 0.717) is 0 Å². The van der Waals surface area contributed by atoms with Gasteiger partial charge in [-0.3, -0.25) is 0 Å². The number of nitrogens with zero attached hydrogens (tertiary/aromatic N) is 1. The van der Waals surface area contributed by atoms with E-state index in [1.165, 1.54) is 28.2 Å². The molecule has 0 saturated heterocycles. The van der Waals surface area contributed by atoms with Gasteiger partial charge in [0.25, 0.3) is 0 Å². The van der Waals surface area contributed by atoms with E-state index >= 15 is 0 Å². The third kappa shape index (κ3) is 5.16. The topological polar surface area (TPSA) is 3.24 Å². The molecule has 0 saturated carbocycles. The van der Waals surface area contributed by atoms with Gasteiger partial charge < -0.3 is 4.90 Å². The fourth-order valence-corrected chi connectivity index (χ4v) is 3.28. The Balaban J connectivity index is 0.00000136. The number of benzene rings is 2. The van der Waals surface area contributed by atoms with E-state index in [2.05, 4.69) is 113 Å². The highest BCUT2D eigenvalue weighted by molar-refractivity contribution is 5.71. The summed E-state index contributed by atoms with van der Waals surface area (Å²) in [5.41, 5.74) is 6.73. The van der Waals surface area contributed by atoms with E-state index in [0.717, 1.165) is 6.42 Å². The van der Waals surface area contributed by atoms with Crippen molar-refractivity contribution >= 4 is 11.4 Å². The first-order valence-corrected chi connectivity index (χ1v) is 10.5. The molecule has 0 atom stereocenters. The van der Waals surface area contributed by atoms with Crippen molar-refractivity contribution in [3.8, 4) is 0 Å². The van der Waals surface area contributed by atoms with Crippen LogP contribution in [0.4, 0.5) is 11.4 Å². The van der Waals surface area contributed by atoms with Gasteiger partial charge in [0.1, 0.15) is 0 Å². The van der Waals surface area contributed by atoms with Crippen LogP contribution >= 0.6 is 0 Å². The standard InChI is InChI=1S/C25H31N.C2H6/c1-24(2,3)19-11-15-22(16-12-19)26(21-9-7-8-10-21)23-17-13-20(14-18-23)25(4,5)6;1-2/h7,9-18H,8H2,1-6H3;1-2H3. The van der Waals surface area contributed by atoms with Gasteiger partial charge >= 0.3 is 0 Å². The van der Waals surface area contributed by atoms with Gasteiger partial charge in [0.05, 0.1) is 0 Å². The molecule has 2 aromatic carbocycles. The van der Waals surface area contributed by atoms with Crippen molar-refractivity contribution in [2.45, 2.75) is 72.6 Å². The Morgan fingerprint density at radius 2 is 1.04 bits per heavy atom. The summed E-state index contributed by atoms with van der Waals surface area (Å²) in [7, 11) is 0. The molecule has 1 nitrogen and oxygen atoms in total. The van der Waals surface area contributed by atoms with Gasteiger partial charge in [-0.15, -0.1) is 0 Å². The van der Waals surface area contributed by atoms with Crippen LogP contribution in [0.3, 0.4) is 0 Å². The Morgan fingerprint density at radius 3 is 1.32 bits per heavy atom. The maximum Gasteiger partial charge on any atom is 0.0461 e. The molecule has 0 unspecified atom stereocenters. The number of anilines is 2. The Bertz CT molecular complexity index is 749. The van der Waals surface area contributed by atoms with E-state index in [1.54, 1.807) is 0 Å². The highest BCUT2D eigenvalue weighted by Gasteiger charge is 2.19. The molecule has 150 valence electrons. The van der Waals surface area contributed by atoms with Crippen molar-refractivity contribution in [3.63, 3.8) is 0 Å². The Kier molecular flexibility index (Phi) is 6.93. The molecule has 28 heavy (non-hydrogen) atoms. The molecular weight excluding hydrogens is 338 g/mol. The van der Waals surface area contributed by atoms with E-state index < -0.39 is 0 Å². The highest BCUT2D eigenvalue weighted by atomic mass is 15.1. The summed E-state index contributed by atoms with van der Waals surface area (Å²) in [6.07, 6.45) is 7.73. The molecule has 0 heterocycles. The first-order valence-electron chi connectivity index (χ1n) is 10.5. The molecule has 0 aliphatic heterocycles. The molecule has 1 heteroatoms. The lowest BCUT2D eigenvalue weighted by atomic mass is 9.86. The van der Waals surface area contributed by atoms with Gasteiger partial charge in [-0.2, -0.15) is 0 Å². The minimum atomic E-state index is 0.171. The Morgan fingerprint density at radius 1 is 0.643 bits per heavy atom. The van der Waals surface area contributed by atoms with E-state index in [-0.39, 0.29) is 10.8 Å². The van der Waals surface area contributed by atoms with Crippen LogP contribution in [0.5, 0.6) is 0 Å². The van der Waals surface area contributed by atoms with Crippen LogP contribution in [0.15, 0.2) is 72.5 Å². The summed E-state index contributed by atoms with van der Waals surface area (Å²) in [5.74, 6) is 0. The van der Waals surface area contributed by atoms with E-state index in [4.69, 9.17) is 0 Å². The van der Waals surface area contributed by atoms with Gasteiger partial charge in [0, 0.05) is 17.1 Å². The van der Waals surface area contributed by atoms with Crippen LogP contribution in [0.25, 0.3) is 0 Å². The molecule has 1 aliphatic rings. The van der Waals surface area contributed by atoms with E-state index in [1.807, 2.05) is 13.8 Å². The Labute approximate surface area is 172 Å². The third-order valence-corrected chi connectivity index (χ3v) is 4.99. The van der Waals surface area contributed by atoms with Crippen molar-refractivity contribution in [1.29, 1.82) is 0 Å². The van der Waals surface area contributed by atoms with Gasteiger partial charge in [-0.25, -0.2) is 0 Å². The molecule has 0 radical (unpaired) electrons. The van der Waals surface area contributed by atoms with Gasteiger partial charge in [0.15, 0.2) is 0 Å². The summed E-state index contributed by atoms with van der Waals surface area (Å²) < 4.78 is 0. The molecule has 0 spiro atoms. The van der Waals surface area contributed by atoms with Crippen LogP contribution in [-0.2, 0) is 10.8 Å². The SMILES string of the molecule is CC.CC(C)(C)c1ccc(N(C2=CCC=C2)c2ccc(C(C)(C)C)cc2)cc1. The van der Waals surface area contributed by atoms with Crippen LogP contribution in [0, 0.1) is 0 Å². The Hall–Kier alpha value is -2.28. The van der Waals surface area contributed by atoms with Crippen LogP contribution in [-0.4, -0.2) is 0 Å². The molecular formula is C27H37N. The summed E-state index contributed by atoms with van der Waals surface area (Å²) in [4.78, 5) is 2.35. The second-order valence-corrected chi connectivity index (χ2v) is 9.20. The quantitative estimate of drug-likeness (QED) is 0.521. The lowest BCUT2D eigenvalue weighted by Crippen LogP contribution is -2.16. The molecule has 0 amide bonds. The largest absolute Gasteiger partial charge is 0.311 e. The lowest BCUT2D eigenvalue weighted by Gasteiger charge is -2.28. The number of rotatable bonds is 3. The van der Waals surface area contributed by atoms with Crippen molar-refractivity contribution in [3.05, 3.63) is 83.6 Å². The average molecular weight is 376 g/mol. The van der Waals surface area contributed by atoms with Crippen LogP contribution < -0.4 is 4.90 Å². The molecule has 0 aromatic heterocycles. The number of hydrogen-bond donors (Lipinski definition) is 0. The summed E-state index contributed by atoms with van der Waals surface area (Å²) in [6, 6.07) is 18.0. The third-order valence-electron chi connectivity index (χ3n) is 4.99. The van der Waals surface area contributed by atoms with Crippen molar-refractivity contribution in [2.75, 3.05) is 4.90 Å². The number of hydrogen-bond acceptors (Lipinski definition) is 1. The van der Waals surface area contributed by atoms with Crippen LogP contribution in [0.2, 0.25) is 0 Å². The number of allylic oxidation sites excluding steroid dienone is 3. The predicted octanol–water partition coefficient (Wildman–Crippen LogP) is 8.29. The molecule has 2 aromatic rings. The fraction of sp³-hybridized carbons (Fsp3) is 0.407. The first-order chi connectivity index (χ1) is 13.2. The smallest absolute Gasteiger partial charge is 0.0461 e. The lowest BCUT2D eigenvalue weighted by molar-refractivity contribution is 0.590. The second kappa shape index (κ2) is 8.82. The molecule has 0 bridgehead atoms. The van der Waals surface area contributed by atoms with E-state index in [9.17, 15) is 0 Å². The normalized spacial score (nSPS) is 13.6. The van der Waals surface area contributed by atoms with Gasteiger partial charge in [0.2, 0.25) is 0 Å². The monoisotopic (exact) mass is 375 g/mol. The second-order valence-electron chi connectivity index (χ2n) is 9.20. The van der Waals surface area contributed by atoms with Gasteiger partial charge in [-0.1, -0.05) is 91.8 Å². The highest BCUT2D eigenvalue weighted by Crippen LogP contribution is 2.35. The van der Waals surface area contributed by atoms with Crippen molar-refractivity contribution < 1.29 is 0 Å². The molecule has 1 aliphatic carbocycles. The molecule has 3 rings (SSSR count).